The Kier molecular flexibility index (Phi) is 2.42. The number of Topliss-reactive ketones (excluding diaryl/α,β-unsaturated/α-hetero) is 1. The molecule has 1 fully saturated rings. The minimum atomic E-state index is 0.507. The Morgan fingerprint density at radius 1 is 0.933 bits per heavy atom. The van der Waals surface area contributed by atoms with Crippen molar-refractivity contribution in [3.8, 4) is 0 Å². The van der Waals surface area contributed by atoms with Crippen molar-refractivity contribution in [2.45, 2.75) is 57.8 Å². The van der Waals surface area contributed by atoms with E-state index in [0.717, 1.165) is 24.7 Å². The average Bonchev–Trinajstić information content (AvgIpc) is 2.30. The summed E-state index contributed by atoms with van der Waals surface area (Å²) in [5, 5.41) is 0. The van der Waals surface area contributed by atoms with Crippen LogP contribution in [0.5, 0.6) is 0 Å². The van der Waals surface area contributed by atoms with Gasteiger partial charge in [-0.05, 0) is 55.9 Å². The zero-order valence-electron chi connectivity index (χ0n) is 9.43. The second kappa shape index (κ2) is 3.77. The molecule has 0 aromatic carbocycles. The van der Waals surface area contributed by atoms with E-state index in [1.807, 2.05) is 0 Å². The van der Waals surface area contributed by atoms with Gasteiger partial charge in [-0.1, -0.05) is 18.4 Å². The van der Waals surface area contributed by atoms with Gasteiger partial charge in [0.1, 0.15) is 0 Å². The zero-order chi connectivity index (χ0) is 10.3. The molecule has 82 valence electrons. The predicted octanol–water partition coefficient (Wildman–Crippen LogP) is 3.64. The van der Waals surface area contributed by atoms with Gasteiger partial charge in [-0.15, -0.1) is 0 Å². The standard InChI is InChI=1S/C14H20O/c15-14-9-10-5-1-2-6-11(10)12-7-3-4-8-13(12)14/h10-11H,1-9H2. The summed E-state index contributed by atoms with van der Waals surface area (Å²) in [4.78, 5) is 12.0. The molecular weight excluding hydrogens is 184 g/mol. The van der Waals surface area contributed by atoms with Crippen LogP contribution in [0.25, 0.3) is 0 Å². The number of hydrogen-bond donors (Lipinski definition) is 0. The quantitative estimate of drug-likeness (QED) is 0.589. The average molecular weight is 204 g/mol. The van der Waals surface area contributed by atoms with Crippen molar-refractivity contribution in [1.29, 1.82) is 0 Å². The van der Waals surface area contributed by atoms with Crippen molar-refractivity contribution in [3.63, 3.8) is 0 Å². The summed E-state index contributed by atoms with van der Waals surface area (Å²) in [5.74, 6) is 2.04. The van der Waals surface area contributed by atoms with Crippen molar-refractivity contribution in [1.82, 2.24) is 0 Å². The van der Waals surface area contributed by atoms with Crippen LogP contribution in [0.1, 0.15) is 57.8 Å². The van der Waals surface area contributed by atoms with Gasteiger partial charge in [-0.2, -0.15) is 0 Å². The highest BCUT2D eigenvalue weighted by atomic mass is 16.1. The molecule has 3 rings (SSSR count). The first-order valence-corrected chi connectivity index (χ1v) is 6.61. The maximum absolute atomic E-state index is 12.0. The Morgan fingerprint density at radius 3 is 2.67 bits per heavy atom. The lowest BCUT2D eigenvalue weighted by Gasteiger charge is -2.40. The molecule has 0 radical (unpaired) electrons. The first-order chi connectivity index (χ1) is 7.36. The third kappa shape index (κ3) is 1.56. The molecule has 0 N–H and O–H groups in total. The summed E-state index contributed by atoms with van der Waals surface area (Å²) in [6.45, 7) is 0. The SMILES string of the molecule is O=C1CC2CCCCC2C2=C1CCCC2. The third-order valence-electron chi connectivity index (χ3n) is 4.65. The fourth-order valence-electron chi connectivity index (χ4n) is 3.93. The van der Waals surface area contributed by atoms with E-state index in [1.165, 1.54) is 50.5 Å². The normalized spacial score (nSPS) is 36.1. The van der Waals surface area contributed by atoms with Gasteiger partial charge in [0.15, 0.2) is 5.78 Å². The second-order valence-corrected chi connectivity index (χ2v) is 5.49. The van der Waals surface area contributed by atoms with Crippen LogP contribution < -0.4 is 0 Å². The molecule has 15 heavy (non-hydrogen) atoms. The first-order valence-electron chi connectivity index (χ1n) is 6.61. The molecule has 1 saturated carbocycles. The molecule has 0 amide bonds. The van der Waals surface area contributed by atoms with Crippen molar-refractivity contribution in [2.75, 3.05) is 0 Å². The van der Waals surface area contributed by atoms with E-state index in [2.05, 4.69) is 0 Å². The van der Waals surface area contributed by atoms with Crippen LogP contribution in [-0.2, 0) is 4.79 Å². The van der Waals surface area contributed by atoms with Crippen LogP contribution in [-0.4, -0.2) is 5.78 Å². The number of ketones is 1. The van der Waals surface area contributed by atoms with Crippen LogP contribution in [0.4, 0.5) is 0 Å². The Hall–Kier alpha value is -0.590. The highest BCUT2D eigenvalue weighted by Gasteiger charge is 2.37. The molecule has 0 spiro atoms. The predicted molar refractivity (Wildman–Crippen MR) is 60.6 cm³/mol. The summed E-state index contributed by atoms with van der Waals surface area (Å²) < 4.78 is 0. The Labute approximate surface area is 91.9 Å². The fraction of sp³-hybridized carbons (Fsp3) is 0.786. The fourth-order valence-corrected chi connectivity index (χ4v) is 3.93. The van der Waals surface area contributed by atoms with Crippen molar-refractivity contribution in [3.05, 3.63) is 11.1 Å². The highest BCUT2D eigenvalue weighted by molar-refractivity contribution is 5.97. The Morgan fingerprint density at radius 2 is 1.73 bits per heavy atom. The number of carbonyl (C=O) groups is 1. The molecule has 1 heteroatoms. The molecule has 0 aromatic rings. The van der Waals surface area contributed by atoms with Gasteiger partial charge in [0.25, 0.3) is 0 Å². The first kappa shape index (κ1) is 9.62. The number of carbonyl (C=O) groups excluding carboxylic acids is 1. The maximum Gasteiger partial charge on any atom is 0.159 e. The van der Waals surface area contributed by atoms with E-state index in [9.17, 15) is 4.79 Å². The number of fused-ring (bicyclic) bond motifs is 2. The lowest BCUT2D eigenvalue weighted by Crippen LogP contribution is -2.32. The minimum Gasteiger partial charge on any atom is -0.295 e. The lowest BCUT2D eigenvalue weighted by molar-refractivity contribution is -0.118. The molecule has 2 unspecified atom stereocenters. The maximum atomic E-state index is 12.0. The molecule has 0 heterocycles. The third-order valence-corrected chi connectivity index (χ3v) is 4.65. The van der Waals surface area contributed by atoms with Gasteiger partial charge in [0.05, 0.1) is 0 Å². The molecule has 1 nitrogen and oxygen atoms in total. The highest BCUT2D eigenvalue weighted by Crippen LogP contribution is 2.46. The van der Waals surface area contributed by atoms with Crippen molar-refractivity contribution in [2.24, 2.45) is 11.8 Å². The van der Waals surface area contributed by atoms with Crippen LogP contribution in [0.3, 0.4) is 0 Å². The number of rotatable bonds is 0. The van der Waals surface area contributed by atoms with E-state index in [0.29, 0.717) is 5.78 Å². The van der Waals surface area contributed by atoms with Gasteiger partial charge in [0.2, 0.25) is 0 Å². The van der Waals surface area contributed by atoms with E-state index in [4.69, 9.17) is 0 Å². The molecule has 0 aromatic heterocycles. The smallest absolute Gasteiger partial charge is 0.159 e. The van der Waals surface area contributed by atoms with Gasteiger partial charge in [-0.25, -0.2) is 0 Å². The van der Waals surface area contributed by atoms with Gasteiger partial charge in [-0.3, -0.25) is 4.79 Å². The lowest BCUT2D eigenvalue weighted by atomic mass is 9.64. The van der Waals surface area contributed by atoms with Crippen LogP contribution >= 0.6 is 0 Å². The van der Waals surface area contributed by atoms with Crippen molar-refractivity contribution < 1.29 is 4.79 Å². The number of hydrogen-bond acceptors (Lipinski definition) is 1. The topological polar surface area (TPSA) is 17.1 Å². The van der Waals surface area contributed by atoms with E-state index >= 15 is 0 Å². The number of allylic oxidation sites excluding steroid dienone is 2. The summed E-state index contributed by atoms with van der Waals surface area (Å²) in [6.07, 6.45) is 11.2. The minimum absolute atomic E-state index is 0.507. The Balaban J connectivity index is 1.95. The summed E-state index contributed by atoms with van der Waals surface area (Å²) >= 11 is 0. The Bertz CT molecular complexity index is 313. The zero-order valence-corrected chi connectivity index (χ0v) is 9.43. The van der Waals surface area contributed by atoms with Gasteiger partial charge >= 0.3 is 0 Å². The van der Waals surface area contributed by atoms with E-state index < -0.39 is 0 Å². The molecule has 3 aliphatic rings. The molecular formula is C14H20O. The largest absolute Gasteiger partial charge is 0.295 e. The molecule has 3 aliphatic carbocycles. The molecule has 0 bridgehead atoms. The van der Waals surface area contributed by atoms with E-state index in [-0.39, 0.29) is 0 Å². The molecule has 2 atom stereocenters. The summed E-state index contributed by atoms with van der Waals surface area (Å²) in [5.41, 5.74) is 2.87. The van der Waals surface area contributed by atoms with Crippen LogP contribution in [0.2, 0.25) is 0 Å². The van der Waals surface area contributed by atoms with E-state index in [1.54, 1.807) is 5.57 Å². The van der Waals surface area contributed by atoms with Crippen LogP contribution in [0.15, 0.2) is 11.1 Å². The summed E-state index contributed by atoms with van der Waals surface area (Å²) in [6, 6.07) is 0. The molecule has 0 aliphatic heterocycles. The van der Waals surface area contributed by atoms with Gasteiger partial charge < -0.3 is 0 Å². The van der Waals surface area contributed by atoms with Crippen LogP contribution in [0, 0.1) is 11.8 Å². The molecule has 0 saturated heterocycles. The summed E-state index contributed by atoms with van der Waals surface area (Å²) in [7, 11) is 0. The monoisotopic (exact) mass is 204 g/mol. The van der Waals surface area contributed by atoms with Gasteiger partial charge in [0, 0.05) is 6.42 Å². The second-order valence-electron chi connectivity index (χ2n) is 5.49. The van der Waals surface area contributed by atoms with Crippen molar-refractivity contribution >= 4 is 5.78 Å².